The van der Waals surface area contributed by atoms with E-state index < -0.39 is 0 Å². The maximum Gasteiger partial charge on any atom is 0.327 e. The fourth-order valence-corrected chi connectivity index (χ4v) is 2.41. The lowest BCUT2D eigenvalue weighted by molar-refractivity contribution is 0.487. The van der Waals surface area contributed by atoms with E-state index in [0.717, 1.165) is 12.8 Å². The number of nitrogens with zero attached hydrogens (tertiary/aromatic N) is 2. The molecule has 20 heavy (non-hydrogen) atoms. The number of benzene rings is 1. The van der Waals surface area contributed by atoms with E-state index in [2.05, 4.69) is 36.5 Å². The van der Waals surface area contributed by atoms with Gasteiger partial charge < -0.3 is 9.88 Å². The quantitative estimate of drug-likeness (QED) is 0.875. The third-order valence-corrected chi connectivity index (χ3v) is 3.67. The summed E-state index contributed by atoms with van der Waals surface area (Å²) in [6.45, 7) is 2.83. The summed E-state index contributed by atoms with van der Waals surface area (Å²) in [6, 6.07) is 8.81. The van der Waals surface area contributed by atoms with Crippen LogP contribution in [0.1, 0.15) is 30.5 Å². The zero-order valence-corrected chi connectivity index (χ0v) is 12.5. The van der Waals surface area contributed by atoms with Crippen molar-refractivity contribution in [1.29, 1.82) is 0 Å². The minimum Gasteiger partial charge on any atom is -0.312 e. The Morgan fingerprint density at radius 2 is 1.90 bits per heavy atom. The van der Waals surface area contributed by atoms with Gasteiger partial charge in [-0.15, -0.1) is 0 Å². The van der Waals surface area contributed by atoms with Gasteiger partial charge in [0.05, 0.1) is 6.04 Å². The van der Waals surface area contributed by atoms with Crippen LogP contribution in [0.15, 0.2) is 41.5 Å². The SMILES string of the molecule is CCCc1ccc(C(Cn2ccn(C)c2=O)NC)cc1. The zero-order valence-electron chi connectivity index (χ0n) is 12.5. The number of likely N-dealkylation sites (N-methyl/N-ethyl adjacent to an activating group) is 1. The van der Waals surface area contributed by atoms with Crippen molar-refractivity contribution >= 4 is 0 Å². The molecule has 1 N–H and O–H groups in total. The predicted molar refractivity (Wildman–Crippen MR) is 81.9 cm³/mol. The van der Waals surface area contributed by atoms with Gasteiger partial charge in [0.2, 0.25) is 0 Å². The Labute approximate surface area is 120 Å². The molecule has 0 saturated heterocycles. The normalized spacial score (nSPS) is 12.6. The second-order valence-corrected chi connectivity index (χ2v) is 5.18. The van der Waals surface area contributed by atoms with Gasteiger partial charge in [0.25, 0.3) is 0 Å². The summed E-state index contributed by atoms with van der Waals surface area (Å²) in [5.74, 6) is 0. The van der Waals surface area contributed by atoms with Crippen molar-refractivity contribution in [3.8, 4) is 0 Å². The molecular formula is C16H23N3O. The van der Waals surface area contributed by atoms with Crippen LogP contribution in [0.4, 0.5) is 0 Å². The number of hydrogen-bond donors (Lipinski definition) is 1. The van der Waals surface area contributed by atoms with Crippen LogP contribution in [0.3, 0.4) is 0 Å². The molecule has 1 atom stereocenters. The molecule has 0 amide bonds. The number of nitrogens with one attached hydrogen (secondary N) is 1. The monoisotopic (exact) mass is 273 g/mol. The first-order valence-electron chi connectivity index (χ1n) is 7.13. The Balaban J connectivity index is 2.15. The standard InChI is InChI=1S/C16H23N3O/c1-4-5-13-6-8-14(9-7-13)15(17-2)12-19-11-10-18(3)16(19)20/h6-11,15,17H,4-5,12H2,1-3H3. The highest BCUT2D eigenvalue weighted by atomic mass is 16.1. The first-order chi connectivity index (χ1) is 9.65. The smallest absolute Gasteiger partial charge is 0.312 e. The highest BCUT2D eigenvalue weighted by molar-refractivity contribution is 5.25. The summed E-state index contributed by atoms with van der Waals surface area (Å²) >= 11 is 0. The maximum atomic E-state index is 11.9. The molecule has 108 valence electrons. The molecule has 0 saturated carbocycles. The van der Waals surface area contributed by atoms with E-state index >= 15 is 0 Å². The van der Waals surface area contributed by atoms with E-state index in [1.807, 2.05) is 13.2 Å². The van der Waals surface area contributed by atoms with Crippen molar-refractivity contribution < 1.29 is 0 Å². The largest absolute Gasteiger partial charge is 0.327 e. The molecule has 2 aromatic rings. The van der Waals surface area contributed by atoms with Crippen LogP contribution >= 0.6 is 0 Å². The van der Waals surface area contributed by atoms with Crippen LogP contribution in [-0.2, 0) is 20.0 Å². The number of hydrogen-bond acceptors (Lipinski definition) is 2. The molecule has 0 spiro atoms. The molecule has 0 aliphatic heterocycles. The second-order valence-electron chi connectivity index (χ2n) is 5.18. The van der Waals surface area contributed by atoms with E-state index in [-0.39, 0.29) is 11.7 Å². The van der Waals surface area contributed by atoms with Crippen molar-refractivity contribution in [2.75, 3.05) is 7.05 Å². The Bertz CT molecular complexity index is 595. The third-order valence-electron chi connectivity index (χ3n) is 3.67. The van der Waals surface area contributed by atoms with Crippen molar-refractivity contribution in [1.82, 2.24) is 14.5 Å². The fourth-order valence-electron chi connectivity index (χ4n) is 2.41. The number of imidazole rings is 1. The van der Waals surface area contributed by atoms with Crippen molar-refractivity contribution in [3.05, 3.63) is 58.3 Å². The lowest BCUT2D eigenvalue weighted by Crippen LogP contribution is -2.29. The van der Waals surface area contributed by atoms with Gasteiger partial charge in [-0.2, -0.15) is 0 Å². The topological polar surface area (TPSA) is 39.0 Å². The Hall–Kier alpha value is -1.81. The Morgan fingerprint density at radius 3 is 2.40 bits per heavy atom. The zero-order chi connectivity index (χ0) is 14.5. The van der Waals surface area contributed by atoms with Gasteiger partial charge in [-0.1, -0.05) is 37.6 Å². The molecule has 4 heteroatoms. The Kier molecular flexibility index (Phi) is 4.79. The molecule has 4 nitrogen and oxygen atoms in total. The summed E-state index contributed by atoms with van der Waals surface area (Å²) in [5.41, 5.74) is 2.60. The molecule has 0 aliphatic carbocycles. The molecule has 2 rings (SSSR count). The lowest BCUT2D eigenvalue weighted by atomic mass is 10.0. The van der Waals surface area contributed by atoms with Gasteiger partial charge in [0.1, 0.15) is 0 Å². The summed E-state index contributed by atoms with van der Waals surface area (Å²) in [5, 5.41) is 3.29. The summed E-state index contributed by atoms with van der Waals surface area (Å²) < 4.78 is 3.33. The second kappa shape index (κ2) is 6.57. The van der Waals surface area contributed by atoms with Gasteiger partial charge in [-0.3, -0.25) is 4.57 Å². The van der Waals surface area contributed by atoms with Crippen LogP contribution in [0.5, 0.6) is 0 Å². The fraction of sp³-hybridized carbons (Fsp3) is 0.438. The molecule has 0 fully saturated rings. The van der Waals surface area contributed by atoms with E-state index in [9.17, 15) is 4.79 Å². The third kappa shape index (κ3) is 3.20. The highest BCUT2D eigenvalue weighted by Gasteiger charge is 2.11. The summed E-state index contributed by atoms with van der Waals surface area (Å²) in [6.07, 6.45) is 5.90. The predicted octanol–water partition coefficient (Wildman–Crippen LogP) is 2.10. The van der Waals surface area contributed by atoms with E-state index in [1.54, 1.807) is 22.4 Å². The summed E-state index contributed by atoms with van der Waals surface area (Å²) in [7, 11) is 3.70. The minimum absolute atomic E-state index is 0.0212. The minimum atomic E-state index is 0.0212. The van der Waals surface area contributed by atoms with Crippen molar-refractivity contribution in [3.63, 3.8) is 0 Å². The Morgan fingerprint density at radius 1 is 1.20 bits per heavy atom. The number of rotatable bonds is 6. The molecule has 0 aliphatic rings. The van der Waals surface area contributed by atoms with Crippen LogP contribution < -0.4 is 11.0 Å². The average Bonchev–Trinajstić information content (AvgIpc) is 2.78. The van der Waals surface area contributed by atoms with Crippen LogP contribution in [0.25, 0.3) is 0 Å². The molecule has 1 aromatic carbocycles. The van der Waals surface area contributed by atoms with Crippen molar-refractivity contribution in [2.24, 2.45) is 7.05 Å². The number of aromatic nitrogens is 2. The number of aryl methyl sites for hydroxylation is 2. The lowest BCUT2D eigenvalue weighted by Gasteiger charge is -2.17. The molecular weight excluding hydrogens is 250 g/mol. The van der Waals surface area contributed by atoms with Crippen LogP contribution in [0.2, 0.25) is 0 Å². The van der Waals surface area contributed by atoms with Gasteiger partial charge >= 0.3 is 5.69 Å². The van der Waals surface area contributed by atoms with E-state index in [0.29, 0.717) is 6.54 Å². The van der Waals surface area contributed by atoms with Gasteiger partial charge in [-0.25, -0.2) is 4.79 Å². The first-order valence-corrected chi connectivity index (χ1v) is 7.13. The molecule has 1 unspecified atom stereocenters. The van der Waals surface area contributed by atoms with Crippen molar-refractivity contribution in [2.45, 2.75) is 32.4 Å². The van der Waals surface area contributed by atoms with Gasteiger partial charge in [0, 0.05) is 26.0 Å². The maximum absolute atomic E-state index is 11.9. The van der Waals surface area contributed by atoms with E-state index in [4.69, 9.17) is 0 Å². The average molecular weight is 273 g/mol. The van der Waals surface area contributed by atoms with Crippen LogP contribution in [-0.4, -0.2) is 16.2 Å². The molecule has 1 heterocycles. The highest BCUT2D eigenvalue weighted by Crippen LogP contribution is 2.16. The molecule has 1 aromatic heterocycles. The van der Waals surface area contributed by atoms with Crippen LogP contribution in [0, 0.1) is 0 Å². The van der Waals surface area contributed by atoms with Gasteiger partial charge in [0.15, 0.2) is 0 Å². The molecule has 0 radical (unpaired) electrons. The molecule has 0 bridgehead atoms. The first kappa shape index (κ1) is 14.6. The van der Waals surface area contributed by atoms with E-state index in [1.165, 1.54) is 11.1 Å². The van der Waals surface area contributed by atoms with Gasteiger partial charge in [-0.05, 0) is 24.6 Å². The summed E-state index contributed by atoms with van der Waals surface area (Å²) in [4.78, 5) is 11.9.